The molecule has 0 bridgehead atoms. The van der Waals surface area contributed by atoms with E-state index < -0.39 is 0 Å². The standard InChI is InChI=1S/C12H16FN/c1-7-8(2)11(13)10(14)6-9(7)12(3)4-5-12/h6H,4-5,14H2,1-3H3. The van der Waals surface area contributed by atoms with Gasteiger partial charge in [-0.3, -0.25) is 0 Å². The maximum absolute atomic E-state index is 13.5. The Kier molecular flexibility index (Phi) is 1.85. The Labute approximate surface area is 84.1 Å². The summed E-state index contributed by atoms with van der Waals surface area (Å²) < 4.78 is 13.5. The van der Waals surface area contributed by atoms with Crippen LogP contribution in [0.4, 0.5) is 10.1 Å². The zero-order valence-electron chi connectivity index (χ0n) is 8.95. The number of anilines is 1. The first-order chi connectivity index (χ1) is 6.46. The summed E-state index contributed by atoms with van der Waals surface area (Å²) in [6.45, 7) is 6.00. The lowest BCUT2D eigenvalue weighted by molar-refractivity contribution is 0.618. The van der Waals surface area contributed by atoms with Crippen LogP contribution >= 0.6 is 0 Å². The van der Waals surface area contributed by atoms with Crippen LogP contribution in [0.1, 0.15) is 36.5 Å². The molecule has 2 N–H and O–H groups in total. The number of hydrogen-bond donors (Lipinski definition) is 1. The summed E-state index contributed by atoms with van der Waals surface area (Å²) in [5, 5.41) is 0. The highest BCUT2D eigenvalue weighted by atomic mass is 19.1. The topological polar surface area (TPSA) is 26.0 Å². The lowest BCUT2D eigenvalue weighted by Gasteiger charge is -2.16. The summed E-state index contributed by atoms with van der Waals surface area (Å²) in [7, 11) is 0. The molecule has 2 heteroatoms. The summed E-state index contributed by atoms with van der Waals surface area (Å²) in [5.41, 5.74) is 9.19. The van der Waals surface area contributed by atoms with Crippen LogP contribution in [0.5, 0.6) is 0 Å². The number of benzene rings is 1. The van der Waals surface area contributed by atoms with Gasteiger partial charge in [-0.25, -0.2) is 4.39 Å². The van der Waals surface area contributed by atoms with Crippen molar-refractivity contribution in [2.45, 2.75) is 39.0 Å². The van der Waals surface area contributed by atoms with E-state index in [4.69, 9.17) is 5.73 Å². The SMILES string of the molecule is Cc1c(C2(C)CC2)cc(N)c(F)c1C. The normalized spacial score (nSPS) is 18.3. The van der Waals surface area contributed by atoms with E-state index in [9.17, 15) is 4.39 Å². The van der Waals surface area contributed by atoms with Gasteiger partial charge in [-0.05, 0) is 54.9 Å². The molecule has 2 rings (SSSR count). The maximum Gasteiger partial charge on any atom is 0.149 e. The molecular formula is C12H16FN. The van der Waals surface area contributed by atoms with Crippen LogP contribution in [0.3, 0.4) is 0 Å². The number of nitrogen functional groups attached to an aromatic ring is 1. The number of halogens is 1. The quantitative estimate of drug-likeness (QED) is 0.681. The molecule has 0 spiro atoms. The van der Waals surface area contributed by atoms with E-state index >= 15 is 0 Å². The van der Waals surface area contributed by atoms with Crippen molar-refractivity contribution in [3.8, 4) is 0 Å². The van der Waals surface area contributed by atoms with Gasteiger partial charge in [-0.1, -0.05) is 6.92 Å². The van der Waals surface area contributed by atoms with Crippen LogP contribution in [0.15, 0.2) is 6.07 Å². The minimum Gasteiger partial charge on any atom is -0.396 e. The minimum atomic E-state index is -0.254. The zero-order chi connectivity index (χ0) is 10.5. The molecule has 0 unspecified atom stereocenters. The molecule has 76 valence electrons. The first-order valence-corrected chi connectivity index (χ1v) is 5.01. The predicted molar refractivity (Wildman–Crippen MR) is 56.9 cm³/mol. The molecule has 0 atom stereocenters. The molecule has 0 aromatic heterocycles. The molecule has 1 aliphatic rings. The van der Waals surface area contributed by atoms with Crippen molar-refractivity contribution in [2.24, 2.45) is 0 Å². The van der Waals surface area contributed by atoms with Gasteiger partial charge in [0.05, 0.1) is 5.69 Å². The van der Waals surface area contributed by atoms with Crippen molar-refractivity contribution in [3.05, 3.63) is 28.6 Å². The van der Waals surface area contributed by atoms with Gasteiger partial charge in [0.15, 0.2) is 0 Å². The van der Waals surface area contributed by atoms with Crippen LogP contribution in [-0.4, -0.2) is 0 Å². The molecule has 1 aromatic rings. The molecule has 14 heavy (non-hydrogen) atoms. The lowest BCUT2D eigenvalue weighted by Crippen LogP contribution is -2.08. The molecular weight excluding hydrogens is 177 g/mol. The van der Waals surface area contributed by atoms with Crippen LogP contribution in [0.2, 0.25) is 0 Å². The summed E-state index contributed by atoms with van der Waals surface area (Å²) in [5.74, 6) is -0.254. The summed E-state index contributed by atoms with van der Waals surface area (Å²) in [6.07, 6.45) is 2.39. The number of rotatable bonds is 1. The molecule has 0 heterocycles. The van der Waals surface area contributed by atoms with Crippen molar-refractivity contribution < 1.29 is 4.39 Å². The highest BCUT2D eigenvalue weighted by molar-refractivity contribution is 5.54. The first-order valence-electron chi connectivity index (χ1n) is 5.01. The predicted octanol–water partition coefficient (Wildman–Crippen LogP) is 3.08. The molecule has 0 amide bonds. The van der Waals surface area contributed by atoms with Gasteiger partial charge in [0.2, 0.25) is 0 Å². The zero-order valence-corrected chi connectivity index (χ0v) is 8.95. The fraction of sp³-hybridized carbons (Fsp3) is 0.500. The van der Waals surface area contributed by atoms with E-state index in [1.165, 1.54) is 18.4 Å². The van der Waals surface area contributed by atoms with E-state index in [0.29, 0.717) is 5.56 Å². The van der Waals surface area contributed by atoms with E-state index in [0.717, 1.165) is 5.56 Å². The first kappa shape index (κ1) is 9.50. The van der Waals surface area contributed by atoms with Crippen molar-refractivity contribution in [3.63, 3.8) is 0 Å². The van der Waals surface area contributed by atoms with E-state index in [1.807, 2.05) is 13.0 Å². The largest absolute Gasteiger partial charge is 0.396 e. The van der Waals surface area contributed by atoms with Crippen molar-refractivity contribution in [2.75, 3.05) is 5.73 Å². The average Bonchev–Trinajstić information content (AvgIpc) is 2.87. The summed E-state index contributed by atoms with van der Waals surface area (Å²) >= 11 is 0. The number of nitrogens with two attached hydrogens (primary N) is 1. The van der Waals surface area contributed by atoms with Crippen LogP contribution in [0, 0.1) is 19.7 Å². The lowest BCUT2D eigenvalue weighted by atomic mass is 9.90. The third-order valence-electron chi connectivity index (χ3n) is 3.50. The van der Waals surface area contributed by atoms with Gasteiger partial charge >= 0.3 is 0 Å². The Balaban J connectivity index is 2.62. The van der Waals surface area contributed by atoms with Crippen molar-refractivity contribution in [1.82, 2.24) is 0 Å². The third kappa shape index (κ3) is 1.21. The van der Waals surface area contributed by atoms with Crippen LogP contribution in [-0.2, 0) is 5.41 Å². The molecule has 0 radical (unpaired) electrons. The second-order valence-corrected chi connectivity index (χ2v) is 4.64. The molecule has 1 aliphatic carbocycles. The van der Waals surface area contributed by atoms with Crippen molar-refractivity contribution >= 4 is 5.69 Å². The highest BCUT2D eigenvalue weighted by Gasteiger charge is 2.40. The Morgan fingerprint density at radius 2 is 1.86 bits per heavy atom. The van der Waals surface area contributed by atoms with Gasteiger partial charge in [0, 0.05) is 0 Å². The van der Waals surface area contributed by atoms with Gasteiger partial charge in [0.25, 0.3) is 0 Å². The molecule has 0 aliphatic heterocycles. The fourth-order valence-electron chi connectivity index (χ4n) is 1.99. The van der Waals surface area contributed by atoms with E-state index in [1.54, 1.807) is 6.92 Å². The van der Waals surface area contributed by atoms with Gasteiger partial charge in [0.1, 0.15) is 5.82 Å². The van der Waals surface area contributed by atoms with Crippen molar-refractivity contribution in [1.29, 1.82) is 0 Å². The summed E-state index contributed by atoms with van der Waals surface area (Å²) in [6, 6.07) is 1.81. The Morgan fingerprint density at radius 3 is 2.36 bits per heavy atom. The fourth-order valence-corrected chi connectivity index (χ4v) is 1.99. The second-order valence-electron chi connectivity index (χ2n) is 4.64. The number of hydrogen-bond acceptors (Lipinski definition) is 1. The van der Waals surface area contributed by atoms with Gasteiger partial charge in [-0.2, -0.15) is 0 Å². The van der Waals surface area contributed by atoms with E-state index in [-0.39, 0.29) is 16.9 Å². The Hall–Kier alpha value is -1.05. The molecule has 1 fully saturated rings. The molecule has 1 aromatic carbocycles. The van der Waals surface area contributed by atoms with Gasteiger partial charge in [-0.15, -0.1) is 0 Å². The highest BCUT2D eigenvalue weighted by Crippen LogP contribution is 2.49. The minimum absolute atomic E-state index is 0.254. The monoisotopic (exact) mass is 193 g/mol. The summed E-state index contributed by atoms with van der Waals surface area (Å²) in [4.78, 5) is 0. The van der Waals surface area contributed by atoms with Crippen LogP contribution in [0.25, 0.3) is 0 Å². The third-order valence-corrected chi connectivity index (χ3v) is 3.50. The van der Waals surface area contributed by atoms with Gasteiger partial charge < -0.3 is 5.73 Å². The smallest absolute Gasteiger partial charge is 0.149 e. The average molecular weight is 193 g/mol. The van der Waals surface area contributed by atoms with Crippen LogP contribution < -0.4 is 5.73 Å². The van der Waals surface area contributed by atoms with E-state index in [2.05, 4.69) is 6.92 Å². The Bertz CT molecular complexity index is 392. The maximum atomic E-state index is 13.5. The second kappa shape index (κ2) is 2.72. The Morgan fingerprint density at radius 1 is 1.29 bits per heavy atom. The molecule has 1 saturated carbocycles. The molecule has 1 nitrogen and oxygen atoms in total. The molecule has 0 saturated heterocycles.